The highest BCUT2D eigenvalue weighted by molar-refractivity contribution is 5.97. The maximum absolute atomic E-state index is 14.4. The lowest BCUT2D eigenvalue weighted by atomic mass is 9.94. The van der Waals surface area contributed by atoms with Gasteiger partial charge in [0.1, 0.15) is 0 Å². The summed E-state index contributed by atoms with van der Waals surface area (Å²) in [6.45, 7) is 0. The zero-order valence-corrected chi connectivity index (χ0v) is 10.9. The van der Waals surface area contributed by atoms with Crippen LogP contribution in [-0.2, 0) is 17.1 Å². The highest BCUT2D eigenvalue weighted by Gasteiger charge is 2.36. The summed E-state index contributed by atoms with van der Waals surface area (Å²) in [5.41, 5.74) is 1.34. The Labute approximate surface area is 115 Å². The summed E-state index contributed by atoms with van der Waals surface area (Å²) < 4.78 is 34.2. The van der Waals surface area contributed by atoms with Gasteiger partial charge in [-0.2, -0.15) is 0 Å². The SMILES string of the molecule is COC1=Nc2ccccc2C(F)(F)Cc2ccccc21. The Balaban J connectivity index is 2.29. The zero-order chi connectivity index (χ0) is 14.2. The predicted octanol–water partition coefficient (Wildman–Crippen LogP) is 4.06. The summed E-state index contributed by atoms with van der Waals surface area (Å²) in [6, 6.07) is 13.3. The van der Waals surface area contributed by atoms with Gasteiger partial charge in [0.2, 0.25) is 5.90 Å². The third-order valence-corrected chi connectivity index (χ3v) is 3.37. The van der Waals surface area contributed by atoms with E-state index in [0.717, 1.165) is 0 Å². The van der Waals surface area contributed by atoms with Crippen LogP contribution in [0.1, 0.15) is 16.7 Å². The Kier molecular flexibility index (Phi) is 3.01. The molecule has 0 atom stereocenters. The van der Waals surface area contributed by atoms with Gasteiger partial charge in [0.05, 0.1) is 12.8 Å². The molecule has 1 heterocycles. The van der Waals surface area contributed by atoms with Crippen LogP contribution < -0.4 is 0 Å². The second kappa shape index (κ2) is 4.71. The maximum atomic E-state index is 14.4. The number of hydrogen-bond acceptors (Lipinski definition) is 2. The molecule has 102 valence electrons. The molecule has 20 heavy (non-hydrogen) atoms. The maximum Gasteiger partial charge on any atom is 0.279 e. The Bertz CT molecular complexity index is 680. The van der Waals surface area contributed by atoms with E-state index in [1.807, 2.05) is 0 Å². The molecule has 0 bridgehead atoms. The summed E-state index contributed by atoms with van der Waals surface area (Å²) in [5.74, 6) is -2.58. The number of halogens is 2. The number of hydrogen-bond donors (Lipinski definition) is 0. The molecule has 1 aliphatic heterocycles. The second-order valence-corrected chi connectivity index (χ2v) is 4.68. The number of ether oxygens (including phenoxy) is 1. The average Bonchev–Trinajstić information content (AvgIpc) is 2.44. The lowest BCUT2D eigenvalue weighted by molar-refractivity contribution is -0.00342. The topological polar surface area (TPSA) is 21.6 Å². The van der Waals surface area contributed by atoms with Crippen molar-refractivity contribution in [3.63, 3.8) is 0 Å². The number of fused-ring (bicyclic) bond motifs is 2. The fourth-order valence-corrected chi connectivity index (χ4v) is 2.42. The molecule has 0 amide bonds. The van der Waals surface area contributed by atoms with Crippen LogP contribution in [0.3, 0.4) is 0 Å². The largest absolute Gasteiger partial charge is 0.481 e. The van der Waals surface area contributed by atoms with Gasteiger partial charge in [-0.15, -0.1) is 0 Å². The minimum absolute atomic E-state index is 0.0657. The van der Waals surface area contributed by atoms with E-state index < -0.39 is 5.92 Å². The van der Waals surface area contributed by atoms with Crippen molar-refractivity contribution in [2.45, 2.75) is 12.3 Å². The van der Waals surface area contributed by atoms with Gasteiger partial charge in [0, 0.05) is 17.5 Å². The molecular formula is C16H13F2NO. The number of benzene rings is 2. The molecule has 0 aliphatic carbocycles. The van der Waals surface area contributed by atoms with Gasteiger partial charge in [-0.25, -0.2) is 13.8 Å². The third kappa shape index (κ3) is 2.07. The van der Waals surface area contributed by atoms with Gasteiger partial charge in [-0.3, -0.25) is 0 Å². The molecule has 4 heteroatoms. The lowest BCUT2D eigenvalue weighted by Crippen LogP contribution is -2.21. The standard InChI is InChI=1S/C16H13F2NO/c1-20-15-12-7-3-2-6-11(12)10-16(17,18)13-8-4-5-9-14(13)19-15/h2-9H,10H2,1H3. The van der Waals surface area contributed by atoms with Crippen LogP contribution in [0.15, 0.2) is 53.5 Å². The molecule has 0 spiro atoms. The van der Waals surface area contributed by atoms with Crippen molar-refractivity contribution in [2.75, 3.05) is 7.11 Å². The molecule has 0 fully saturated rings. The fourth-order valence-electron chi connectivity index (χ4n) is 2.42. The molecule has 0 saturated heterocycles. The third-order valence-electron chi connectivity index (χ3n) is 3.37. The fraction of sp³-hybridized carbons (Fsp3) is 0.188. The molecular weight excluding hydrogens is 260 g/mol. The molecule has 0 saturated carbocycles. The molecule has 2 aromatic carbocycles. The van der Waals surface area contributed by atoms with Crippen molar-refractivity contribution >= 4 is 11.6 Å². The Morgan fingerprint density at radius 2 is 1.75 bits per heavy atom. The van der Waals surface area contributed by atoms with Crippen LogP contribution in [0.25, 0.3) is 0 Å². The van der Waals surface area contributed by atoms with Gasteiger partial charge < -0.3 is 4.74 Å². The highest BCUT2D eigenvalue weighted by atomic mass is 19.3. The number of alkyl halides is 2. The number of nitrogens with zero attached hydrogens (tertiary/aromatic N) is 1. The summed E-state index contributed by atoms with van der Waals surface area (Å²) in [6.07, 6.45) is -0.359. The quantitative estimate of drug-likeness (QED) is 0.709. The Hall–Kier alpha value is -2.23. The van der Waals surface area contributed by atoms with Crippen molar-refractivity contribution in [3.8, 4) is 0 Å². The van der Waals surface area contributed by atoms with Gasteiger partial charge >= 0.3 is 0 Å². The first-order valence-electron chi connectivity index (χ1n) is 6.30. The molecule has 3 rings (SSSR count). The molecule has 0 radical (unpaired) electrons. The smallest absolute Gasteiger partial charge is 0.279 e. The van der Waals surface area contributed by atoms with Crippen LogP contribution >= 0.6 is 0 Å². The number of methoxy groups -OCH3 is 1. The average molecular weight is 273 g/mol. The molecule has 2 nitrogen and oxygen atoms in total. The first kappa shape index (κ1) is 12.8. The van der Waals surface area contributed by atoms with E-state index in [4.69, 9.17) is 4.74 Å². The lowest BCUT2D eigenvalue weighted by Gasteiger charge is -2.23. The predicted molar refractivity (Wildman–Crippen MR) is 73.7 cm³/mol. The first-order chi connectivity index (χ1) is 9.62. The van der Waals surface area contributed by atoms with Gasteiger partial charge in [0.25, 0.3) is 5.92 Å². The molecule has 0 unspecified atom stereocenters. The minimum Gasteiger partial charge on any atom is -0.481 e. The van der Waals surface area contributed by atoms with E-state index in [1.165, 1.54) is 13.2 Å². The first-order valence-corrected chi connectivity index (χ1v) is 6.30. The van der Waals surface area contributed by atoms with Gasteiger partial charge in [0.15, 0.2) is 0 Å². The van der Waals surface area contributed by atoms with Crippen LogP contribution in [0, 0.1) is 0 Å². The van der Waals surface area contributed by atoms with Crippen LogP contribution in [0.4, 0.5) is 14.5 Å². The number of aliphatic imine (C=N–C) groups is 1. The highest BCUT2D eigenvalue weighted by Crippen LogP contribution is 2.40. The summed E-state index contributed by atoms with van der Waals surface area (Å²) in [5, 5.41) is 0. The van der Waals surface area contributed by atoms with E-state index in [9.17, 15) is 8.78 Å². The second-order valence-electron chi connectivity index (χ2n) is 4.68. The van der Waals surface area contributed by atoms with Crippen molar-refractivity contribution < 1.29 is 13.5 Å². The minimum atomic E-state index is -2.95. The van der Waals surface area contributed by atoms with Crippen LogP contribution in [0.5, 0.6) is 0 Å². The normalized spacial score (nSPS) is 16.2. The number of para-hydroxylation sites is 1. The van der Waals surface area contributed by atoms with Crippen molar-refractivity contribution in [1.29, 1.82) is 0 Å². The van der Waals surface area contributed by atoms with E-state index in [-0.39, 0.29) is 17.7 Å². The van der Waals surface area contributed by atoms with Gasteiger partial charge in [-0.05, 0) is 17.7 Å². The summed E-state index contributed by atoms with van der Waals surface area (Å²) in [4.78, 5) is 4.27. The van der Waals surface area contributed by atoms with E-state index in [1.54, 1.807) is 42.5 Å². The van der Waals surface area contributed by atoms with E-state index in [0.29, 0.717) is 17.0 Å². The summed E-state index contributed by atoms with van der Waals surface area (Å²) in [7, 11) is 1.50. The van der Waals surface area contributed by atoms with Crippen LogP contribution in [-0.4, -0.2) is 13.0 Å². The molecule has 0 N–H and O–H groups in total. The van der Waals surface area contributed by atoms with Crippen molar-refractivity contribution in [2.24, 2.45) is 4.99 Å². The van der Waals surface area contributed by atoms with Gasteiger partial charge in [-0.1, -0.05) is 36.4 Å². The summed E-state index contributed by atoms with van der Waals surface area (Å²) >= 11 is 0. The van der Waals surface area contributed by atoms with Crippen molar-refractivity contribution in [1.82, 2.24) is 0 Å². The monoisotopic (exact) mass is 273 g/mol. The number of rotatable bonds is 0. The van der Waals surface area contributed by atoms with Crippen LogP contribution in [0.2, 0.25) is 0 Å². The van der Waals surface area contributed by atoms with Crippen molar-refractivity contribution in [3.05, 3.63) is 65.2 Å². The molecule has 0 aromatic heterocycles. The Morgan fingerprint density at radius 3 is 2.55 bits per heavy atom. The Morgan fingerprint density at radius 1 is 1.05 bits per heavy atom. The van der Waals surface area contributed by atoms with E-state index in [2.05, 4.69) is 4.99 Å². The molecule has 1 aliphatic rings. The van der Waals surface area contributed by atoms with E-state index >= 15 is 0 Å². The molecule has 2 aromatic rings. The zero-order valence-electron chi connectivity index (χ0n) is 10.9.